The van der Waals surface area contributed by atoms with Crippen LogP contribution in [-0.2, 0) is 16.1 Å². The average molecular weight is 436 g/mol. The lowest BCUT2D eigenvalue weighted by molar-refractivity contribution is -0.141. The summed E-state index contributed by atoms with van der Waals surface area (Å²) in [5.74, 6) is -3.64. The number of benzene rings is 2. The normalized spacial score (nSPS) is 16.3. The second kappa shape index (κ2) is 7.48. The van der Waals surface area contributed by atoms with Crippen molar-refractivity contribution < 1.29 is 28.6 Å². The maximum atomic E-state index is 14.2. The van der Waals surface area contributed by atoms with Gasteiger partial charge in [0.2, 0.25) is 5.91 Å². The van der Waals surface area contributed by atoms with Crippen LogP contribution in [0.3, 0.4) is 0 Å². The molecule has 0 saturated heterocycles. The van der Waals surface area contributed by atoms with Gasteiger partial charge in [-0.25, -0.2) is 4.39 Å². The molecule has 3 rings (SSSR count). The van der Waals surface area contributed by atoms with Gasteiger partial charge in [-0.1, -0.05) is 28.1 Å². The number of hydrogen-bond acceptors (Lipinski definition) is 4. The van der Waals surface area contributed by atoms with Crippen LogP contribution in [0.4, 0.5) is 4.39 Å². The van der Waals surface area contributed by atoms with Crippen LogP contribution in [0.25, 0.3) is 0 Å². The van der Waals surface area contributed by atoms with Crippen LogP contribution in [-0.4, -0.2) is 34.9 Å². The van der Waals surface area contributed by atoms with E-state index in [-0.39, 0.29) is 17.7 Å². The van der Waals surface area contributed by atoms with Crippen LogP contribution >= 0.6 is 15.9 Å². The predicted molar refractivity (Wildman–Crippen MR) is 97.0 cm³/mol. The summed E-state index contributed by atoms with van der Waals surface area (Å²) in [6.45, 7) is -0.288. The highest BCUT2D eigenvalue weighted by molar-refractivity contribution is 9.10. The molecule has 0 bridgehead atoms. The van der Waals surface area contributed by atoms with Gasteiger partial charge in [0, 0.05) is 15.6 Å². The van der Waals surface area contributed by atoms with Crippen LogP contribution in [0.15, 0.2) is 40.9 Å². The van der Waals surface area contributed by atoms with Crippen LogP contribution in [0.2, 0.25) is 0 Å². The van der Waals surface area contributed by atoms with Gasteiger partial charge in [0.05, 0.1) is 26.0 Å². The van der Waals surface area contributed by atoms with Crippen molar-refractivity contribution in [1.29, 1.82) is 0 Å². The quantitative estimate of drug-likeness (QED) is 0.728. The zero-order valence-electron chi connectivity index (χ0n) is 14.2. The SMILES string of the molecule is COc1ccc2c(c1)C(=O)N(Cc1ccc(Br)cc1F)C(=O)C2CC(=O)O. The molecule has 0 saturated carbocycles. The Hall–Kier alpha value is -2.74. The average Bonchev–Trinajstić information content (AvgIpc) is 2.63. The molecule has 2 amide bonds. The Morgan fingerprint density at radius 3 is 2.63 bits per heavy atom. The van der Waals surface area contributed by atoms with Crippen LogP contribution in [0, 0.1) is 5.82 Å². The third-order valence-electron chi connectivity index (χ3n) is 4.40. The number of methoxy groups -OCH3 is 1. The van der Waals surface area contributed by atoms with Crippen molar-refractivity contribution in [3.05, 3.63) is 63.4 Å². The van der Waals surface area contributed by atoms with E-state index in [1.54, 1.807) is 12.1 Å². The molecule has 1 atom stereocenters. The summed E-state index contributed by atoms with van der Waals surface area (Å²) in [4.78, 5) is 37.9. The molecule has 2 aromatic carbocycles. The third kappa shape index (κ3) is 3.71. The molecule has 2 aromatic rings. The highest BCUT2D eigenvalue weighted by atomic mass is 79.9. The van der Waals surface area contributed by atoms with Crippen molar-refractivity contribution in [2.75, 3.05) is 7.11 Å². The smallest absolute Gasteiger partial charge is 0.304 e. The van der Waals surface area contributed by atoms with Crippen molar-refractivity contribution >= 4 is 33.7 Å². The lowest BCUT2D eigenvalue weighted by Gasteiger charge is -2.32. The largest absolute Gasteiger partial charge is 0.497 e. The second-order valence-corrected chi connectivity index (χ2v) is 6.98. The number of nitrogens with zero attached hydrogens (tertiary/aromatic N) is 1. The van der Waals surface area contributed by atoms with Crippen molar-refractivity contribution in [3.63, 3.8) is 0 Å². The number of carbonyl (C=O) groups excluding carboxylic acids is 2. The minimum Gasteiger partial charge on any atom is -0.497 e. The van der Waals surface area contributed by atoms with Crippen molar-refractivity contribution in [2.24, 2.45) is 0 Å². The van der Waals surface area contributed by atoms with Gasteiger partial charge in [-0.3, -0.25) is 19.3 Å². The number of hydrogen-bond donors (Lipinski definition) is 1. The first-order valence-electron chi connectivity index (χ1n) is 8.01. The minimum atomic E-state index is -1.17. The Labute approximate surface area is 162 Å². The van der Waals surface area contributed by atoms with Gasteiger partial charge in [0.1, 0.15) is 11.6 Å². The maximum Gasteiger partial charge on any atom is 0.304 e. The summed E-state index contributed by atoms with van der Waals surface area (Å²) in [5, 5.41) is 9.18. The summed E-state index contributed by atoms with van der Waals surface area (Å²) in [6.07, 6.45) is -0.467. The topological polar surface area (TPSA) is 83.9 Å². The zero-order valence-corrected chi connectivity index (χ0v) is 15.8. The number of carbonyl (C=O) groups is 3. The van der Waals surface area contributed by atoms with Crippen LogP contribution in [0.5, 0.6) is 5.75 Å². The standard InChI is InChI=1S/C19H15BrFNO5/c1-27-12-4-5-13-14(7-12)18(25)22(19(26)15(13)8-17(23)24)9-10-2-3-11(20)6-16(10)21/h2-7,15H,8-9H2,1H3,(H,23,24). The number of ether oxygens (including phenoxy) is 1. The molecule has 27 heavy (non-hydrogen) atoms. The van der Waals surface area contributed by atoms with Gasteiger partial charge < -0.3 is 9.84 Å². The van der Waals surface area contributed by atoms with Crippen molar-refractivity contribution in [3.8, 4) is 5.75 Å². The molecule has 1 unspecified atom stereocenters. The number of carboxylic acids is 1. The molecule has 0 radical (unpaired) electrons. The monoisotopic (exact) mass is 435 g/mol. The first-order valence-corrected chi connectivity index (χ1v) is 8.80. The van der Waals surface area contributed by atoms with Gasteiger partial charge in [0.25, 0.3) is 5.91 Å². The van der Waals surface area contributed by atoms with Gasteiger partial charge in [0.15, 0.2) is 0 Å². The summed E-state index contributed by atoms with van der Waals surface area (Å²) in [7, 11) is 1.43. The van der Waals surface area contributed by atoms with E-state index >= 15 is 0 Å². The first kappa shape index (κ1) is 19.0. The maximum absolute atomic E-state index is 14.2. The molecule has 1 aliphatic rings. The Morgan fingerprint density at radius 1 is 1.26 bits per heavy atom. The molecule has 1 aliphatic heterocycles. The number of amides is 2. The molecular weight excluding hydrogens is 421 g/mol. The van der Waals surface area contributed by atoms with E-state index in [9.17, 15) is 23.9 Å². The Morgan fingerprint density at radius 2 is 2.00 bits per heavy atom. The first-order chi connectivity index (χ1) is 12.8. The number of aliphatic carboxylic acids is 1. The number of carboxylic acid groups (broad SMARTS) is 1. The van der Waals surface area contributed by atoms with E-state index < -0.39 is 35.9 Å². The van der Waals surface area contributed by atoms with E-state index in [1.807, 2.05) is 0 Å². The number of imide groups is 1. The van der Waals surface area contributed by atoms with Gasteiger partial charge in [-0.2, -0.15) is 0 Å². The molecule has 140 valence electrons. The third-order valence-corrected chi connectivity index (χ3v) is 4.89. The molecule has 1 heterocycles. The molecule has 6 nitrogen and oxygen atoms in total. The van der Waals surface area contributed by atoms with E-state index in [0.29, 0.717) is 15.8 Å². The Balaban J connectivity index is 2.05. The highest BCUT2D eigenvalue weighted by Crippen LogP contribution is 2.35. The summed E-state index contributed by atoms with van der Waals surface area (Å²) >= 11 is 3.15. The lowest BCUT2D eigenvalue weighted by Crippen LogP contribution is -2.45. The van der Waals surface area contributed by atoms with Crippen LogP contribution < -0.4 is 4.74 Å². The molecule has 0 aromatic heterocycles. The molecular formula is C19H15BrFNO5. The van der Waals surface area contributed by atoms with Gasteiger partial charge in [-0.05, 0) is 29.8 Å². The highest BCUT2D eigenvalue weighted by Gasteiger charge is 2.40. The summed E-state index contributed by atoms with van der Waals surface area (Å²) in [6, 6.07) is 8.85. The molecule has 0 aliphatic carbocycles. The number of halogens is 2. The fraction of sp³-hybridized carbons (Fsp3) is 0.211. The minimum absolute atomic E-state index is 0.153. The lowest BCUT2D eigenvalue weighted by atomic mass is 9.86. The van der Waals surface area contributed by atoms with Gasteiger partial charge >= 0.3 is 5.97 Å². The van der Waals surface area contributed by atoms with Crippen LogP contribution in [0.1, 0.15) is 33.8 Å². The molecule has 0 spiro atoms. The second-order valence-electron chi connectivity index (χ2n) is 6.07. The molecule has 0 fully saturated rings. The summed E-state index contributed by atoms with van der Waals surface area (Å²) in [5.41, 5.74) is 0.666. The number of rotatable bonds is 5. The zero-order chi connectivity index (χ0) is 19.7. The Bertz CT molecular complexity index is 946. The predicted octanol–water partition coefficient (Wildman–Crippen LogP) is 3.34. The summed E-state index contributed by atoms with van der Waals surface area (Å²) < 4.78 is 19.8. The van der Waals surface area contributed by atoms with Crippen molar-refractivity contribution in [1.82, 2.24) is 4.90 Å². The van der Waals surface area contributed by atoms with Gasteiger partial charge in [-0.15, -0.1) is 0 Å². The van der Waals surface area contributed by atoms with E-state index in [1.165, 1.54) is 31.4 Å². The fourth-order valence-corrected chi connectivity index (χ4v) is 3.39. The van der Waals surface area contributed by atoms with Crippen molar-refractivity contribution in [2.45, 2.75) is 18.9 Å². The molecule has 8 heteroatoms. The molecule has 1 N–H and O–H groups in total. The Kier molecular flexibility index (Phi) is 5.27. The number of fused-ring (bicyclic) bond motifs is 1. The van der Waals surface area contributed by atoms with E-state index in [2.05, 4.69) is 15.9 Å². The van der Waals surface area contributed by atoms with E-state index in [4.69, 9.17) is 4.74 Å². The fourth-order valence-electron chi connectivity index (χ4n) is 3.06. The van der Waals surface area contributed by atoms with E-state index in [0.717, 1.165) is 4.90 Å².